The van der Waals surface area contributed by atoms with Gasteiger partial charge in [-0.25, -0.2) is 9.31 Å². The fourth-order valence-corrected chi connectivity index (χ4v) is 3.52. The van der Waals surface area contributed by atoms with Crippen LogP contribution in [0.5, 0.6) is 0 Å². The van der Waals surface area contributed by atoms with E-state index < -0.39 is 0 Å². The molecule has 2 heterocycles. The van der Waals surface area contributed by atoms with Crippen LogP contribution in [0.4, 0.5) is 0 Å². The molecule has 0 atom stereocenters. The lowest BCUT2D eigenvalue weighted by Gasteiger charge is -2.30. The van der Waals surface area contributed by atoms with Crippen LogP contribution in [0.3, 0.4) is 0 Å². The fourth-order valence-electron chi connectivity index (χ4n) is 2.23. The molecule has 2 fully saturated rings. The minimum absolute atomic E-state index is 0.920. The van der Waals surface area contributed by atoms with E-state index in [0.717, 1.165) is 17.4 Å². The van der Waals surface area contributed by atoms with Gasteiger partial charge in [-0.2, -0.15) is 0 Å². The summed E-state index contributed by atoms with van der Waals surface area (Å²) in [7, 11) is 0. The first-order valence-electron chi connectivity index (χ1n) is 6.33. The smallest absolute Gasteiger partial charge is 0.163 e. The van der Waals surface area contributed by atoms with Crippen LogP contribution in [0.25, 0.3) is 0 Å². The van der Waals surface area contributed by atoms with Gasteiger partial charge >= 0.3 is 0 Å². The Hall–Kier alpha value is 0.160. The molecule has 3 nitrogen and oxygen atoms in total. The minimum atomic E-state index is 0.920. The molecule has 2 saturated heterocycles. The minimum Gasteiger partial charge on any atom is -0.303 e. The summed E-state index contributed by atoms with van der Waals surface area (Å²) in [6, 6.07) is 0. The van der Waals surface area contributed by atoms with Crippen molar-refractivity contribution in [1.29, 1.82) is 0 Å². The van der Waals surface area contributed by atoms with Gasteiger partial charge in [0.2, 0.25) is 0 Å². The zero-order chi connectivity index (χ0) is 11.2. The fraction of sp³-hybridized carbons (Fsp3) is 0.909. The summed E-state index contributed by atoms with van der Waals surface area (Å²) >= 11 is 7.11. The molecule has 0 amide bonds. The molecule has 0 aromatic carbocycles. The molecule has 92 valence electrons. The van der Waals surface area contributed by atoms with Crippen LogP contribution in [0, 0.1) is 0 Å². The van der Waals surface area contributed by atoms with Crippen molar-refractivity contribution in [1.82, 2.24) is 14.7 Å². The van der Waals surface area contributed by atoms with E-state index >= 15 is 0 Å². The number of hydrogen-bond donors (Lipinski definition) is 1. The van der Waals surface area contributed by atoms with Crippen LogP contribution in [0.2, 0.25) is 0 Å². The van der Waals surface area contributed by atoms with Gasteiger partial charge in [0.25, 0.3) is 0 Å². The lowest BCUT2D eigenvalue weighted by molar-refractivity contribution is 0.197. The second-order valence-electron chi connectivity index (χ2n) is 4.53. The van der Waals surface area contributed by atoms with Crippen LogP contribution >= 0.6 is 24.2 Å². The third kappa shape index (κ3) is 4.20. The highest BCUT2D eigenvalue weighted by molar-refractivity contribution is 8.21. The van der Waals surface area contributed by atoms with Crippen molar-refractivity contribution in [2.45, 2.75) is 38.5 Å². The highest BCUT2D eigenvalue weighted by Crippen LogP contribution is 2.19. The van der Waals surface area contributed by atoms with Crippen LogP contribution in [0.1, 0.15) is 38.5 Å². The maximum atomic E-state index is 5.38. The summed E-state index contributed by atoms with van der Waals surface area (Å²) in [6.45, 7) is 4.65. The average Bonchev–Trinajstić information content (AvgIpc) is 2.31. The maximum absolute atomic E-state index is 5.38. The van der Waals surface area contributed by atoms with E-state index in [-0.39, 0.29) is 0 Å². The van der Waals surface area contributed by atoms with Crippen LogP contribution in [-0.2, 0) is 0 Å². The molecule has 0 unspecified atom stereocenters. The summed E-state index contributed by atoms with van der Waals surface area (Å²) in [4.78, 5) is 0. The van der Waals surface area contributed by atoms with Crippen LogP contribution in [0.15, 0.2) is 0 Å². The zero-order valence-corrected chi connectivity index (χ0v) is 11.4. The van der Waals surface area contributed by atoms with Gasteiger partial charge in [0.05, 0.1) is 0 Å². The Morgan fingerprint density at radius 2 is 1.44 bits per heavy atom. The first-order valence-corrected chi connectivity index (χ1v) is 7.51. The van der Waals surface area contributed by atoms with Crippen molar-refractivity contribution < 1.29 is 0 Å². The van der Waals surface area contributed by atoms with E-state index in [0.29, 0.717) is 0 Å². The molecule has 0 radical (unpaired) electrons. The van der Waals surface area contributed by atoms with E-state index in [2.05, 4.69) is 14.7 Å². The maximum Gasteiger partial charge on any atom is 0.163 e. The standard InChI is InChI=1S/C11H21N3S2/c15-11(12-13-7-3-1-4-8-13)16-14-9-5-2-6-10-14/h1-10H2,(H,12,15). The van der Waals surface area contributed by atoms with Gasteiger partial charge < -0.3 is 5.43 Å². The second-order valence-corrected chi connectivity index (χ2v) is 6.30. The largest absolute Gasteiger partial charge is 0.303 e. The van der Waals surface area contributed by atoms with Crippen molar-refractivity contribution >= 4 is 28.5 Å². The van der Waals surface area contributed by atoms with Crippen LogP contribution in [-0.4, -0.2) is 39.8 Å². The Bertz CT molecular complexity index is 201. The van der Waals surface area contributed by atoms with Crippen LogP contribution < -0.4 is 5.43 Å². The Balaban J connectivity index is 1.66. The first kappa shape index (κ1) is 12.6. The molecule has 0 aliphatic carbocycles. The van der Waals surface area contributed by atoms with Crippen molar-refractivity contribution in [3.05, 3.63) is 0 Å². The molecule has 5 heteroatoms. The van der Waals surface area contributed by atoms with E-state index in [1.54, 1.807) is 11.9 Å². The number of hydrogen-bond acceptors (Lipinski definition) is 4. The second kappa shape index (κ2) is 6.79. The van der Waals surface area contributed by atoms with Gasteiger partial charge in [0.15, 0.2) is 4.32 Å². The molecule has 0 spiro atoms. The van der Waals surface area contributed by atoms with Crippen molar-refractivity contribution in [2.75, 3.05) is 26.2 Å². The van der Waals surface area contributed by atoms with E-state index in [9.17, 15) is 0 Å². The Morgan fingerprint density at radius 1 is 0.875 bits per heavy atom. The lowest BCUT2D eigenvalue weighted by atomic mass is 10.2. The molecule has 0 bridgehead atoms. The van der Waals surface area contributed by atoms with E-state index in [4.69, 9.17) is 12.2 Å². The normalized spacial score (nSPS) is 24.2. The molecule has 0 saturated carbocycles. The van der Waals surface area contributed by atoms with E-state index in [1.807, 2.05) is 0 Å². The third-order valence-corrected chi connectivity index (χ3v) is 4.33. The quantitative estimate of drug-likeness (QED) is 0.604. The SMILES string of the molecule is S=C(NN1CCCCC1)SN1CCCCC1. The number of thiocarbonyl (C=S) groups is 1. The molecule has 0 aromatic rings. The van der Waals surface area contributed by atoms with Crippen molar-refractivity contribution in [3.63, 3.8) is 0 Å². The predicted molar refractivity (Wildman–Crippen MR) is 74.2 cm³/mol. The molecule has 0 aromatic heterocycles. The highest BCUT2D eigenvalue weighted by Gasteiger charge is 2.15. The third-order valence-electron chi connectivity index (χ3n) is 3.13. The summed E-state index contributed by atoms with van der Waals surface area (Å²) < 4.78 is 3.31. The summed E-state index contributed by atoms with van der Waals surface area (Å²) in [5.74, 6) is 0. The topological polar surface area (TPSA) is 18.5 Å². The number of nitrogens with one attached hydrogen (secondary N) is 1. The summed E-state index contributed by atoms with van der Waals surface area (Å²) in [5.41, 5.74) is 3.35. The van der Waals surface area contributed by atoms with Gasteiger partial charge in [-0.3, -0.25) is 0 Å². The van der Waals surface area contributed by atoms with E-state index in [1.165, 1.54) is 51.6 Å². The number of hydrazine groups is 1. The molecular formula is C11H21N3S2. The highest BCUT2D eigenvalue weighted by atomic mass is 32.2. The lowest BCUT2D eigenvalue weighted by Crippen LogP contribution is -2.44. The number of rotatable bonds is 2. The number of nitrogens with zero attached hydrogens (tertiary/aromatic N) is 2. The Kier molecular flexibility index (Phi) is 5.35. The summed E-state index contributed by atoms with van der Waals surface area (Å²) in [6.07, 6.45) is 7.97. The molecule has 2 rings (SSSR count). The van der Waals surface area contributed by atoms with Gasteiger partial charge in [0, 0.05) is 26.2 Å². The predicted octanol–water partition coefficient (Wildman–Crippen LogP) is 2.40. The van der Waals surface area contributed by atoms with Crippen molar-refractivity contribution in [3.8, 4) is 0 Å². The van der Waals surface area contributed by atoms with Gasteiger partial charge in [-0.05, 0) is 37.6 Å². The summed E-state index contributed by atoms with van der Waals surface area (Å²) in [5, 5.41) is 2.27. The Labute approximate surface area is 108 Å². The zero-order valence-electron chi connectivity index (χ0n) is 9.78. The molecule has 2 aliphatic rings. The monoisotopic (exact) mass is 259 g/mol. The average molecular weight is 259 g/mol. The molecular weight excluding hydrogens is 238 g/mol. The van der Waals surface area contributed by atoms with Crippen molar-refractivity contribution in [2.24, 2.45) is 0 Å². The molecule has 16 heavy (non-hydrogen) atoms. The molecule has 1 N–H and O–H groups in total. The van der Waals surface area contributed by atoms with Gasteiger partial charge in [-0.15, -0.1) is 0 Å². The molecule has 2 aliphatic heterocycles. The Morgan fingerprint density at radius 3 is 2.06 bits per heavy atom. The van der Waals surface area contributed by atoms with Gasteiger partial charge in [0.1, 0.15) is 0 Å². The first-order chi connectivity index (χ1) is 7.84. The van der Waals surface area contributed by atoms with Gasteiger partial charge in [-0.1, -0.05) is 25.1 Å². The number of piperidine rings is 2.